The van der Waals surface area contributed by atoms with Gasteiger partial charge in [0.1, 0.15) is 6.61 Å². The molecule has 27 heavy (non-hydrogen) atoms. The second-order valence-electron chi connectivity index (χ2n) is 6.28. The van der Waals surface area contributed by atoms with Crippen molar-refractivity contribution < 1.29 is 9.47 Å². The van der Waals surface area contributed by atoms with E-state index in [1.54, 1.807) is 0 Å². The van der Waals surface area contributed by atoms with Gasteiger partial charge in [0, 0.05) is 28.4 Å². The number of hydrogen-bond donors (Lipinski definition) is 1. The zero-order valence-electron chi connectivity index (χ0n) is 15.7. The molecule has 4 heteroatoms. The monoisotopic (exact) mass is 381 g/mol. The van der Waals surface area contributed by atoms with Crippen molar-refractivity contribution in [3.8, 4) is 11.5 Å². The molecule has 3 nitrogen and oxygen atoms in total. The van der Waals surface area contributed by atoms with E-state index in [2.05, 4.69) is 36.5 Å². The summed E-state index contributed by atoms with van der Waals surface area (Å²) in [5.41, 5.74) is 4.29. The normalized spacial score (nSPS) is 10.5. The van der Waals surface area contributed by atoms with Gasteiger partial charge in [-0.3, -0.25) is 0 Å². The van der Waals surface area contributed by atoms with Crippen LogP contribution in [-0.2, 0) is 13.2 Å². The highest BCUT2D eigenvalue weighted by Gasteiger charge is 2.12. The molecule has 0 aliphatic rings. The molecular weight excluding hydrogens is 358 g/mol. The predicted molar refractivity (Wildman–Crippen MR) is 112 cm³/mol. The van der Waals surface area contributed by atoms with E-state index in [9.17, 15) is 0 Å². The molecule has 0 saturated heterocycles. The van der Waals surface area contributed by atoms with Crippen LogP contribution in [0, 0.1) is 6.92 Å². The maximum Gasteiger partial charge on any atom is 0.166 e. The fraction of sp³-hybridized carbons (Fsp3) is 0.217. The van der Waals surface area contributed by atoms with Gasteiger partial charge in [0.05, 0.1) is 6.61 Å². The minimum Gasteiger partial charge on any atom is -0.490 e. The molecule has 140 valence electrons. The molecule has 3 aromatic carbocycles. The highest BCUT2D eigenvalue weighted by molar-refractivity contribution is 6.31. The Balaban J connectivity index is 1.79. The summed E-state index contributed by atoms with van der Waals surface area (Å²) in [5.74, 6) is 1.49. The number of rotatable bonds is 8. The average Bonchev–Trinajstić information content (AvgIpc) is 2.68. The van der Waals surface area contributed by atoms with Crippen LogP contribution in [0.15, 0.2) is 66.7 Å². The molecule has 0 heterocycles. The number of aryl methyl sites for hydroxylation is 1. The van der Waals surface area contributed by atoms with Gasteiger partial charge in [0.25, 0.3) is 0 Å². The molecule has 0 saturated carbocycles. The average molecular weight is 382 g/mol. The van der Waals surface area contributed by atoms with Gasteiger partial charge >= 0.3 is 0 Å². The summed E-state index contributed by atoms with van der Waals surface area (Å²) in [4.78, 5) is 0. The lowest BCUT2D eigenvalue weighted by Crippen LogP contribution is -2.06. The van der Waals surface area contributed by atoms with Crippen LogP contribution in [0.4, 0.5) is 5.69 Å². The third kappa shape index (κ3) is 5.18. The van der Waals surface area contributed by atoms with Crippen LogP contribution >= 0.6 is 11.6 Å². The van der Waals surface area contributed by atoms with Crippen molar-refractivity contribution in [3.63, 3.8) is 0 Å². The molecule has 0 radical (unpaired) electrons. The number of anilines is 1. The van der Waals surface area contributed by atoms with E-state index in [0.717, 1.165) is 28.3 Å². The molecule has 0 atom stereocenters. The van der Waals surface area contributed by atoms with E-state index < -0.39 is 0 Å². The summed E-state index contributed by atoms with van der Waals surface area (Å²) in [6.45, 7) is 5.66. The minimum atomic E-state index is 0.390. The lowest BCUT2D eigenvalue weighted by atomic mass is 10.1. The van der Waals surface area contributed by atoms with Crippen LogP contribution in [0.5, 0.6) is 11.5 Å². The smallest absolute Gasteiger partial charge is 0.166 e. The lowest BCUT2D eigenvalue weighted by molar-refractivity contribution is 0.267. The highest BCUT2D eigenvalue weighted by atomic mass is 35.5. The third-order valence-corrected chi connectivity index (χ3v) is 4.59. The zero-order chi connectivity index (χ0) is 19.1. The number of nitrogens with one attached hydrogen (secondary N) is 1. The molecular formula is C23H24ClNO2. The summed E-state index contributed by atoms with van der Waals surface area (Å²) >= 11 is 6.26. The Labute approximate surface area is 165 Å². The van der Waals surface area contributed by atoms with Crippen LogP contribution in [0.1, 0.15) is 23.6 Å². The summed E-state index contributed by atoms with van der Waals surface area (Å²) in [5, 5.41) is 4.15. The lowest BCUT2D eigenvalue weighted by Gasteiger charge is -2.17. The quantitative estimate of drug-likeness (QED) is 0.501. The number of ether oxygens (including phenoxy) is 2. The van der Waals surface area contributed by atoms with Gasteiger partial charge in [-0.2, -0.15) is 0 Å². The van der Waals surface area contributed by atoms with Crippen molar-refractivity contribution in [2.24, 2.45) is 0 Å². The summed E-state index contributed by atoms with van der Waals surface area (Å²) in [7, 11) is 0. The topological polar surface area (TPSA) is 30.5 Å². The van der Waals surface area contributed by atoms with Crippen molar-refractivity contribution >= 4 is 17.3 Å². The molecule has 0 spiro atoms. The summed E-state index contributed by atoms with van der Waals surface area (Å²) in [6.07, 6.45) is 0. The van der Waals surface area contributed by atoms with Crippen molar-refractivity contribution in [2.75, 3.05) is 11.9 Å². The predicted octanol–water partition coefficient (Wildman–Crippen LogP) is 6.24. The molecule has 0 unspecified atom stereocenters. The largest absolute Gasteiger partial charge is 0.490 e. The van der Waals surface area contributed by atoms with Gasteiger partial charge in [-0.15, -0.1) is 0 Å². The van der Waals surface area contributed by atoms with E-state index in [4.69, 9.17) is 21.1 Å². The van der Waals surface area contributed by atoms with E-state index in [1.807, 2.05) is 49.4 Å². The van der Waals surface area contributed by atoms with Crippen molar-refractivity contribution in [1.82, 2.24) is 0 Å². The first-order valence-corrected chi connectivity index (χ1v) is 9.46. The Morgan fingerprint density at radius 2 is 1.59 bits per heavy atom. The first kappa shape index (κ1) is 19.1. The SMILES string of the molecule is CCOc1cccc(CNc2ccc(C)cc2)c1OCc1ccccc1Cl. The Bertz CT molecular complexity index is 878. The fourth-order valence-corrected chi connectivity index (χ4v) is 2.96. The molecule has 0 aliphatic heterocycles. The summed E-state index contributed by atoms with van der Waals surface area (Å²) < 4.78 is 11.9. The maximum absolute atomic E-state index is 6.26. The first-order chi connectivity index (χ1) is 13.2. The molecule has 0 bridgehead atoms. The molecule has 0 aliphatic carbocycles. The summed E-state index contributed by atoms with van der Waals surface area (Å²) in [6, 6.07) is 22.0. The van der Waals surface area contributed by atoms with Crippen LogP contribution in [-0.4, -0.2) is 6.61 Å². The Hall–Kier alpha value is -2.65. The number of halogens is 1. The first-order valence-electron chi connectivity index (χ1n) is 9.09. The van der Waals surface area contributed by atoms with Crippen LogP contribution < -0.4 is 14.8 Å². The molecule has 0 fully saturated rings. The van der Waals surface area contributed by atoms with Crippen LogP contribution in [0.2, 0.25) is 5.02 Å². The van der Waals surface area contributed by atoms with E-state index in [0.29, 0.717) is 24.8 Å². The van der Waals surface area contributed by atoms with Crippen molar-refractivity contribution in [1.29, 1.82) is 0 Å². The Morgan fingerprint density at radius 1 is 0.852 bits per heavy atom. The molecule has 1 N–H and O–H groups in total. The standard InChI is InChI=1S/C23H24ClNO2/c1-3-26-22-10-6-8-18(15-25-20-13-11-17(2)12-14-20)23(22)27-16-19-7-4-5-9-21(19)24/h4-14,25H,3,15-16H2,1-2H3. The van der Waals surface area contributed by atoms with Crippen LogP contribution in [0.3, 0.4) is 0 Å². The molecule has 3 aromatic rings. The van der Waals surface area contributed by atoms with Gasteiger partial charge in [-0.25, -0.2) is 0 Å². The van der Waals surface area contributed by atoms with E-state index in [1.165, 1.54) is 5.56 Å². The molecule has 3 rings (SSSR count). The minimum absolute atomic E-state index is 0.390. The van der Waals surface area contributed by atoms with Gasteiger partial charge in [-0.05, 0) is 38.1 Å². The van der Waals surface area contributed by atoms with Gasteiger partial charge in [-0.1, -0.05) is 59.6 Å². The van der Waals surface area contributed by atoms with Gasteiger partial charge < -0.3 is 14.8 Å². The van der Waals surface area contributed by atoms with Gasteiger partial charge in [0.15, 0.2) is 11.5 Å². The Kier molecular flexibility index (Phi) is 6.61. The number of benzene rings is 3. The van der Waals surface area contributed by atoms with E-state index >= 15 is 0 Å². The second-order valence-corrected chi connectivity index (χ2v) is 6.68. The Morgan fingerprint density at radius 3 is 2.33 bits per heavy atom. The zero-order valence-corrected chi connectivity index (χ0v) is 16.4. The highest BCUT2D eigenvalue weighted by Crippen LogP contribution is 2.33. The van der Waals surface area contributed by atoms with Crippen molar-refractivity contribution in [2.45, 2.75) is 27.0 Å². The van der Waals surface area contributed by atoms with Crippen molar-refractivity contribution in [3.05, 3.63) is 88.4 Å². The number of para-hydroxylation sites is 1. The van der Waals surface area contributed by atoms with Crippen LogP contribution in [0.25, 0.3) is 0 Å². The third-order valence-electron chi connectivity index (χ3n) is 4.22. The second kappa shape index (κ2) is 9.33. The van der Waals surface area contributed by atoms with Gasteiger partial charge in [0.2, 0.25) is 0 Å². The van der Waals surface area contributed by atoms with E-state index in [-0.39, 0.29) is 0 Å². The number of hydrogen-bond acceptors (Lipinski definition) is 3. The molecule has 0 amide bonds. The fourth-order valence-electron chi connectivity index (χ4n) is 2.77. The maximum atomic E-state index is 6.26. The molecule has 0 aromatic heterocycles.